The van der Waals surface area contributed by atoms with Gasteiger partial charge in [0.15, 0.2) is 0 Å². The molecular formula is C19H18ClF2N5O. The Morgan fingerprint density at radius 1 is 1.11 bits per heavy atom. The van der Waals surface area contributed by atoms with Gasteiger partial charge >= 0.3 is 0 Å². The molecule has 1 fully saturated rings. The van der Waals surface area contributed by atoms with Crippen LogP contribution in [0.4, 0.5) is 20.2 Å². The van der Waals surface area contributed by atoms with Gasteiger partial charge in [0.1, 0.15) is 0 Å². The highest BCUT2D eigenvalue weighted by molar-refractivity contribution is 6.33. The van der Waals surface area contributed by atoms with E-state index in [4.69, 9.17) is 11.6 Å². The van der Waals surface area contributed by atoms with Gasteiger partial charge in [0.25, 0.3) is 12.0 Å². The predicted octanol–water partition coefficient (Wildman–Crippen LogP) is 3.04. The molecule has 0 spiro atoms. The highest BCUT2D eigenvalue weighted by atomic mass is 35.5. The first kappa shape index (κ1) is 18.6. The Morgan fingerprint density at radius 2 is 1.86 bits per heavy atom. The molecule has 0 atom stereocenters. The fraction of sp³-hybridized carbons (Fsp3) is 0.316. The first-order chi connectivity index (χ1) is 13.5. The van der Waals surface area contributed by atoms with E-state index in [1.807, 2.05) is 18.2 Å². The number of pyridine rings is 1. The quantitative estimate of drug-likeness (QED) is 0.667. The number of hydrogen-bond acceptors (Lipinski definition) is 5. The molecule has 3 aromatic rings. The molecular weight excluding hydrogens is 388 g/mol. The van der Waals surface area contributed by atoms with Gasteiger partial charge < -0.3 is 9.80 Å². The molecule has 0 radical (unpaired) electrons. The zero-order chi connectivity index (χ0) is 19.7. The molecule has 0 unspecified atom stereocenters. The number of halogens is 3. The van der Waals surface area contributed by atoms with Crippen LogP contribution in [0.3, 0.4) is 0 Å². The Hall–Kier alpha value is -2.74. The number of alkyl halides is 2. The van der Waals surface area contributed by atoms with Gasteiger partial charge in [0.05, 0.1) is 34.5 Å². The number of benzene rings is 1. The molecule has 0 aliphatic carbocycles. The summed E-state index contributed by atoms with van der Waals surface area (Å²) in [5, 5.41) is 0.972. The smallest absolute Gasteiger partial charge is 0.261 e. The van der Waals surface area contributed by atoms with Gasteiger partial charge in [0, 0.05) is 44.3 Å². The van der Waals surface area contributed by atoms with E-state index in [1.165, 1.54) is 6.33 Å². The van der Waals surface area contributed by atoms with Crippen molar-refractivity contribution in [2.75, 3.05) is 36.0 Å². The molecule has 9 heteroatoms. The lowest BCUT2D eigenvalue weighted by Gasteiger charge is -2.37. The Kier molecular flexibility index (Phi) is 5.13. The maximum absolute atomic E-state index is 12.6. The molecule has 1 aromatic carbocycles. The summed E-state index contributed by atoms with van der Waals surface area (Å²) in [6.07, 6.45) is 1.95. The van der Waals surface area contributed by atoms with E-state index < -0.39 is 18.5 Å². The number of piperazine rings is 1. The summed E-state index contributed by atoms with van der Waals surface area (Å²) in [4.78, 5) is 25.0. The largest absolute Gasteiger partial charge is 0.368 e. The summed E-state index contributed by atoms with van der Waals surface area (Å²) >= 11 is 6.23. The van der Waals surface area contributed by atoms with Gasteiger partial charge in [-0.25, -0.2) is 13.8 Å². The third kappa shape index (κ3) is 3.64. The SMILES string of the molecule is O=c1c2ccc(N3CCN(c4ccncc4Cl)CC3)cc2ncn1CC(F)F. The fourth-order valence-corrected chi connectivity index (χ4v) is 3.69. The van der Waals surface area contributed by atoms with Crippen LogP contribution >= 0.6 is 11.6 Å². The third-order valence-corrected chi connectivity index (χ3v) is 5.17. The van der Waals surface area contributed by atoms with Gasteiger partial charge in [0.2, 0.25) is 0 Å². The van der Waals surface area contributed by atoms with Crippen LogP contribution in [0.2, 0.25) is 5.02 Å². The summed E-state index contributed by atoms with van der Waals surface area (Å²) in [6.45, 7) is 2.51. The molecule has 1 aliphatic rings. The standard InChI is InChI=1S/C19H18ClF2N5O/c20-15-10-23-4-3-17(15)26-7-5-25(6-8-26)13-1-2-14-16(9-13)24-12-27(19(14)28)11-18(21)22/h1-4,9-10,12,18H,5-8,11H2. The van der Waals surface area contributed by atoms with E-state index in [0.29, 0.717) is 15.9 Å². The second-order valence-corrected chi connectivity index (χ2v) is 7.00. The zero-order valence-electron chi connectivity index (χ0n) is 14.9. The number of rotatable bonds is 4. The fourth-order valence-electron chi connectivity index (χ4n) is 3.45. The maximum Gasteiger partial charge on any atom is 0.261 e. The highest BCUT2D eigenvalue weighted by Crippen LogP contribution is 2.27. The Balaban J connectivity index is 1.52. The van der Waals surface area contributed by atoms with Gasteiger partial charge in [-0.3, -0.25) is 14.3 Å². The molecule has 0 bridgehead atoms. The Morgan fingerprint density at radius 3 is 2.57 bits per heavy atom. The lowest BCUT2D eigenvalue weighted by molar-refractivity contribution is 0.125. The van der Waals surface area contributed by atoms with Crippen LogP contribution in [0.15, 0.2) is 47.8 Å². The third-order valence-electron chi connectivity index (χ3n) is 4.88. The van der Waals surface area contributed by atoms with Crippen molar-refractivity contribution in [2.45, 2.75) is 13.0 Å². The predicted molar refractivity (Wildman–Crippen MR) is 106 cm³/mol. The average Bonchev–Trinajstić information content (AvgIpc) is 2.70. The molecule has 1 aliphatic heterocycles. The number of hydrogen-bond donors (Lipinski definition) is 0. The average molecular weight is 406 g/mol. The van der Waals surface area contributed by atoms with E-state index in [2.05, 4.69) is 19.8 Å². The summed E-state index contributed by atoms with van der Waals surface area (Å²) in [5.74, 6) is 0. The second-order valence-electron chi connectivity index (χ2n) is 6.60. The second kappa shape index (κ2) is 7.71. The van der Waals surface area contributed by atoms with Crippen LogP contribution in [-0.2, 0) is 6.54 Å². The molecule has 1 saturated heterocycles. The van der Waals surface area contributed by atoms with E-state index >= 15 is 0 Å². The summed E-state index contributed by atoms with van der Waals surface area (Å²) in [6, 6.07) is 7.24. The van der Waals surface area contributed by atoms with E-state index in [0.717, 1.165) is 42.1 Å². The summed E-state index contributed by atoms with van der Waals surface area (Å²) < 4.78 is 26.1. The lowest BCUT2D eigenvalue weighted by Crippen LogP contribution is -2.46. The Bertz CT molecular complexity index is 1050. The van der Waals surface area contributed by atoms with Crippen LogP contribution in [0.1, 0.15) is 0 Å². The van der Waals surface area contributed by atoms with Crippen LogP contribution in [0.5, 0.6) is 0 Å². The van der Waals surface area contributed by atoms with Gasteiger partial charge in [-0.15, -0.1) is 0 Å². The van der Waals surface area contributed by atoms with Crippen molar-refractivity contribution >= 4 is 33.9 Å². The lowest BCUT2D eigenvalue weighted by atomic mass is 10.2. The highest BCUT2D eigenvalue weighted by Gasteiger charge is 2.20. The van der Waals surface area contributed by atoms with Gasteiger partial charge in [-0.1, -0.05) is 11.6 Å². The number of aromatic nitrogens is 3. The summed E-state index contributed by atoms with van der Waals surface area (Å²) in [5.41, 5.74) is 1.98. The van der Waals surface area contributed by atoms with E-state index in [-0.39, 0.29) is 0 Å². The molecule has 0 N–H and O–H groups in total. The molecule has 3 heterocycles. The van der Waals surface area contributed by atoms with Crippen molar-refractivity contribution in [3.8, 4) is 0 Å². The van der Waals surface area contributed by atoms with Crippen LogP contribution < -0.4 is 15.4 Å². The normalized spacial score (nSPS) is 14.9. The molecule has 0 amide bonds. The summed E-state index contributed by atoms with van der Waals surface area (Å²) in [7, 11) is 0. The minimum Gasteiger partial charge on any atom is -0.368 e. The molecule has 146 valence electrons. The first-order valence-corrected chi connectivity index (χ1v) is 9.27. The van der Waals surface area contributed by atoms with Crippen molar-refractivity contribution in [1.82, 2.24) is 14.5 Å². The van der Waals surface area contributed by atoms with Gasteiger partial charge in [-0.05, 0) is 24.3 Å². The van der Waals surface area contributed by atoms with Gasteiger partial charge in [-0.2, -0.15) is 0 Å². The zero-order valence-corrected chi connectivity index (χ0v) is 15.7. The van der Waals surface area contributed by atoms with Crippen molar-refractivity contribution in [3.05, 3.63) is 58.4 Å². The van der Waals surface area contributed by atoms with Crippen molar-refractivity contribution < 1.29 is 8.78 Å². The minimum absolute atomic E-state index is 0.342. The first-order valence-electron chi connectivity index (χ1n) is 8.89. The molecule has 0 saturated carbocycles. The molecule has 6 nitrogen and oxygen atoms in total. The number of anilines is 2. The van der Waals surface area contributed by atoms with Crippen molar-refractivity contribution in [1.29, 1.82) is 0 Å². The van der Waals surface area contributed by atoms with Crippen molar-refractivity contribution in [3.63, 3.8) is 0 Å². The Labute approximate surface area is 165 Å². The monoisotopic (exact) mass is 405 g/mol. The van der Waals surface area contributed by atoms with Crippen LogP contribution in [-0.4, -0.2) is 47.1 Å². The molecule has 2 aromatic heterocycles. The topological polar surface area (TPSA) is 54.3 Å². The number of fused-ring (bicyclic) bond motifs is 1. The number of nitrogens with zero attached hydrogens (tertiary/aromatic N) is 5. The van der Waals surface area contributed by atoms with E-state index in [1.54, 1.807) is 18.5 Å². The molecule has 28 heavy (non-hydrogen) atoms. The molecule has 4 rings (SSSR count). The van der Waals surface area contributed by atoms with Crippen LogP contribution in [0, 0.1) is 0 Å². The minimum atomic E-state index is -2.60. The van der Waals surface area contributed by atoms with Crippen LogP contribution in [0.25, 0.3) is 10.9 Å². The van der Waals surface area contributed by atoms with E-state index in [9.17, 15) is 13.6 Å². The van der Waals surface area contributed by atoms with Crippen molar-refractivity contribution in [2.24, 2.45) is 0 Å². The maximum atomic E-state index is 12.6.